The summed E-state index contributed by atoms with van der Waals surface area (Å²) in [6.45, 7) is 4.71. The van der Waals surface area contributed by atoms with E-state index < -0.39 is 18.8 Å². The number of urea groups is 1. The van der Waals surface area contributed by atoms with Crippen LogP contribution in [-0.4, -0.2) is 50.5 Å². The topological polar surface area (TPSA) is 62.8 Å². The first-order chi connectivity index (χ1) is 14.3. The molecule has 1 unspecified atom stereocenters. The van der Waals surface area contributed by atoms with E-state index in [1.165, 1.54) is 25.3 Å². The number of carbonyl (C=O) groups excluding carboxylic acids is 1. The molecular weight excluding hydrogens is 419 g/mol. The molecule has 1 aromatic heterocycles. The van der Waals surface area contributed by atoms with E-state index in [0.717, 1.165) is 18.7 Å². The first-order valence-corrected chi connectivity index (χ1v) is 10.4. The number of carbonyl (C=O) groups is 1. The smallest absolute Gasteiger partial charge is 0.422 e. The summed E-state index contributed by atoms with van der Waals surface area (Å²) < 4.78 is 47.2. The molecule has 2 aromatic rings. The third kappa shape index (κ3) is 7.10. The largest absolute Gasteiger partial charge is 0.493 e. The minimum atomic E-state index is -4.48. The van der Waals surface area contributed by atoms with Gasteiger partial charge in [-0.25, -0.2) is 4.79 Å². The van der Waals surface area contributed by atoms with Gasteiger partial charge < -0.3 is 20.1 Å². The number of hydrogen-bond donors (Lipinski definition) is 2. The van der Waals surface area contributed by atoms with Crippen LogP contribution in [-0.2, 0) is 0 Å². The molecule has 0 saturated carbocycles. The fourth-order valence-electron chi connectivity index (χ4n) is 2.98. The van der Waals surface area contributed by atoms with Gasteiger partial charge in [-0.2, -0.15) is 24.5 Å². The van der Waals surface area contributed by atoms with E-state index in [1.807, 2.05) is 11.4 Å². The van der Waals surface area contributed by atoms with Gasteiger partial charge in [0.25, 0.3) is 0 Å². The van der Waals surface area contributed by atoms with Crippen molar-refractivity contribution in [2.75, 3.05) is 38.7 Å². The van der Waals surface area contributed by atoms with Crippen LogP contribution in [0.5, 0.6) is 11.5 Å². The van der Waals surface area contributed by atoms with Crippen LogP contribution in [0.15, 0.2) is 35.0 Å². The third-order valence-electron chi connectivity index (χ3n) is 4.45. The van der Waals surface area contributed by atoms with Crippen LogP contribution in [0.3, 0.4) is 0 Å². The Morgan fingerprint density at radius 3 is 2.50 bits per heavy atom. The molecule has 166 valence electrons. The number of nitrogens with one attached hydrogen (secondary N) is 2. The first kappa shape index (κ1) is 23.8. The molecule has 10 heteroatoms. The fourth-order valence-corrected chi connectivity index (χ4v) is 3.69. The maximum Gasteiger partial charge on any atom is 0.422 e. The van der Waals surface area contributed by atoms with Crippen molar-refractivity contribution < 1.29 is 27.4 Å². The molecule has 0 aliphatic heterocycles. The minimum absolute atomic E-state index is 0.0264. The highest BCUT2D eigenvalue weighted by atomic mass is 32.1. The Morgan fingerprint density at radius 2 is 1.93 bits per heavy atom. The second-order valence-corrected chi connectivity index (χ2v) is 7.18. The Bertz CT molecular complexity index is 796. The van der Waals surface area contributed by atoms with Gasteiger partial charge in [0.1, 0.15) is 0 Å². The van der Waals surface area contributed by atoms with E-state index in [-0.39, 0.29) is 17.5 Å². The highest BCUT2D eigenvalue weighted by molar-refractivity contribution is 7.07. The number of ether oxygens (including phenoxy) is 2. The summed E-state index contributed by atoms with van der Waals surface area (Å²) in [4.78, 5) is 14.6. The quantitative estimate of drug-likeness (QED) is 0.546. The zero-order chi connectivity index (χ0) is 22.1. The number of thiophene rings is 1. The summed E-state index contributed by atoms with van der Waals surface area (Å²) in [5.41, 5.74) is 1.41. The fraction of sp³-hybridized carbons (Fsp3) is 0.450. The van der Waals surface area contributed by atoms with Gasteiger partial charge in [-0.05, 0) is 47.6 Å². The number of halogens is 3. The second-order valence-electron chi connectivity index (χ2n) is 6.40. The average Bonchev–Trinajstić information content (AvgIpc) is 3.23. The minimum Gasteiger partial charge on any atom is -0.493 e. The number of alkyl halides is 3. The molecule has 2 rings (SSSR count). The van der Waals surface area contributed by atoms with E-state index in [4.69, 9.17) is 9.47 Å². The van der Waals surface area contributed by atoms with Crippen molar-refractivity contribution in [3.8, 4) is 11.5 Å². The molecular formula is C20H26F3N3O3S. The van der Waals surface area contributed by atoms with Gasteiger partial charge in [0.2, 0.25) is 0 Å². The Hall–Kier alpha value is -2.46. The Kier molecular flexibility index (Phi) is 8.79. The first-order valence-electron chi connectivity index (χ1n) is 9.46. The van der Waals surface area contributed by atoms with E-state index in [2.05, 4.69) is 34.8 Å². The summed E-state index contributed by atoms with van der Waals surface area (Å²) in [5.74, 6) is 0.0381. The monoisotopic (exact) mass is 445 g/mol. The van der Waals surface area contributed by atoms with E-state index in [1.54, 1.807) is 11.3 Å². The molecule has 2 N–H and O–H groups in total. The maximum atomic E-state index is 12.5. The van der Waals surface area contributed by atoms with Crippen molar-refractivity contribution in [3.63, 3.8) is 0 Å². The number of methoxy groups -OCH3 is 1. The van der Waals surface area contributed by atoms with Crippen molar-refractivity contribution in [1.29, 1.82) is 0 Å². The summed E-state index contributed by atoms with van der Waals surface area (Å²) in [6.07, 6.45) is -4.48. The lowest BCUT2D eigenvalue weighted by molar-refractivity contribution is -0.153. The molecule has 0 aliphatic carbocycles. The van der Waals surface area contributed by atoms with Gasteiger partial charge in [-0.15, -0.1) is 0 Å². The van der Waals surface area contributed by atoms with Gasteiger partial charge in [-0.3, -0.25) is 4.90 Å². The van der Waals surface area contributed by atoms with Crippen molar-refractivity contribution in [3.05, 3.63) is 40.6 Å². The van der Waals surface area contributed by atoms with Crippen LogP contribution in [0.1, 0.15) is 25.5 Å². The predicted molar refractivity (Wildman–Crippen MR) is 112 cm³/mol. The standard InChI is InChI=1S/C20H26F3N3O3S/c1-4-26(5-2)16(14-8-9-30-12-14)11-24-19(27)25-15-6-7-17(28-3)18(10-15)29-13-20(21,22)23/h6-10,12,16H,4-5,11,13H2,1-3H3,(H2,24,25,27). The zero-order valence-corrected chi connectivity index (χ0v) is 17.9. The van der Waals surface area contributed by atoms with E-state index >= 15 is 0 Å². The number of amides is 2. The van der Waals surface area contributed by atoms with Gasteiger partial charge in [0.05, 0.1) is 13.2 Å². The lowest BCUT2D eigenvalue weighted by atomic mass is 10.1. The number of benzene rings is 1. The number of rotatable bonds is 10. The van der Waals surface area contributed by atoms with Crippen molar-refractivity contribution >= 4 is 23.1 Å². The van der Waals surface area contributed by atoms with Crippen LogP contribution in [0.25, 0.3) is 0 Å². The molecule has 0 saturated heterocycles. The number of nitrogens with zero attached hydrogens (tertiary/aromatic N) is 1. The van der Waals surface area contributed by atoms with Crippen molar-refractivity contribution in [2.24, 2.45) is 0 Å². The van der Waals surface area contributed by atoms with Crippen LogP contribution < -0.4 is 20.1 Å². The number of likely N-dealkylation sites (N-methyl/N-ethyl adjacent to an activating group) is 1. The average molecular weight is 446 g/mol. The van der Waals surface area contributed by atoms with Gasteiger partial charge in [0.15, 0.2) is 18.1 Å². The molecule has 0 radical (unpaired) electrons. The normalized spacial score (nSPS) is 12.5. The van der Waals surface area contributed by atoms with Crippen LogP contribution in [0, 0.1) is 0 Å². The number of hydrogen-bond acceptors (Lipinski definition) is 5. The molecule has 0 fully saturated rings. The Labute approximate surface area is 178 Å². The zero-order valence-electron chi connectivity index (χ0n) is 17.1. The molecule has 0 aliphatic rings. The van der Waals surface area contributed by atoms with Gasteiger partial charge in [0, 0.05) is 18.3 Å². The highest BCUT2D eigenvalue weighted by Crippen LogP contribution is 2.31. The van der Waals surface area contributed by atoms with Gasteiger partial charge >= 0.3 is 12.2 Å². The highest BCUT2D eigenvalue weighted by Gasteiger charge is 2.29. The van der Waals surface area contributed by atoms with E-state index in [0.29, 0.717) is 12.2 Å². The van der Waals surface area contributed by atoms with Crippen LogP contribution in [0.2, 0.25) is 0 Å². The summed E-state index contributed by atoms with van der Waals surface area (Å²) in [7, 11) is 1.33. The molecule has 1 heterocycles. The SMILES string of the molecule is CCN(CC)C(CNC(=O)Nc1ccc(OC)c(OCC(F)(F)F)c1)c1ccsc1. The Morgan fingerprint density at radius 1 is 1.20 bits per heavy atom. The Balaban J connectivity index is 2.02. The molecule has 1 aromatic carbocycles. The van der Waals surface area contributed by atoms with Crippen molar-refractivity contribution in [1.82, 2.24) is 10.2 Å². The molecule has 0 spiro atoms. The maximum absolute atomic E-state index is 12.5. The van der Waals surface area contributed by atoms with Gasteiger partial charge in [-0.1, -0.05) is 13.8 Å². The molecule has 30 heavy (non-hydrogen) atoms. The lowest BCUT2D eigenvalue weighted by Gasteiger charge is -2.29. The van der Waals surface area contributed by atoms with Crippen LogP contribution in [0.4, 0.5) is 23.7 Å². The molecule has 6 nitrogen and oxygen atoms in total. The van der Waals surface area contributed by atoms with Crippen molar-refractivity contribution in [2.45, 2.75) is 26.1 Å². The summed E-state index contributed by atoms with van der Waals surface area (Å²) in [5, 5.41) is 9.50. The molecule has 0 bridgehead atoms. The molecule has 2 amide bonds. The summed E-state index contributed by atoms with van der Waals surface area (Å²) in [6, 6.07) is 5.85. The molecule has 1 atom stereocenters. The number of anilines is 1. The van der Waals surface area contributed by atoms with E-state index in [9.17, 15) is 18.0 Å². The third-order valence-corrected chi connectivity index (χ3v) is 5.15. The predicted octanol–water partition coefficient (Wildman–Crippen LogP) is 4.90. The second kappa shape index (κ2) is 11.1. The lowest BCUT2D eigenvalue weighted by Crippen LogP contribution is -2.39. The van der Waals surface area contributed by atoms with Crippen LogP contribution >= 0.6 is 11.3 Å². The summed E-state index contributed by atoms with van der Waals surface area (Å²) >= 11 is 1.59.